The summed E-state index contributed by atoms with van der Waals surface area (Å²) in [5, 5.41) is 35.8. The average Bonchev–Trinajstić information content (AvgIpc) is 2.19. The Hall–Kier alpha value is -1.59. The van der Waals surface area contributed by atoms with Crippen LogP contribution in [0.4, 0.5) is 0 Å². The molecule has 1 unspecified atom stereocenters. The number of phenolic OH excluding ortho intramolecular Hbond substituents is 2. The molecule has 0 spiro atoms. The second kappa shape index (κ2) is 4.08. The molecular weight excluding hydrogens is 188 g/mol. The minimum Gasteiger partial charge on any atom is -0.508 e. The molecule has 0 fully saturated rings. The number of carbonyl (C=O) groups excluding carboxylic acids is 1. The SMILES string of the molecule is O=C(c1cc(O)ccc1O)C(O)CO. The van der Waals surface area contributed by atoms with Crippen molar-refractivity contribution in [1.29, 1.82) is 0 Å². The van der Waals surface area contributed by atoms with Gasteiger partial charge in [0.05, 0.1) is 12.2 Å². The largest absolute Gasteiger partial charge is 0.508 e. The molecule has 1 rings (SSSR count). The van der Waals surface area contributed by atoms with Crippen LogP contribution in [0.15, 0.2) is 18.2 Å². The molecule has 0 aliphatic carbocycles. The van der Waals surface area contributed by atoms with Crippen molar-refractivity contribution in [2.45, 2.75) is 6.10 Å². The summed E-state index contributed by atoms with van der Waals surface area (Å²) in [6.07, 6.45) is -1.58. The second-order valence-electron chi connectivity index (χ2n) is 2.76. The van der Waals surface area contributed by atoms with Gasteiger partial charge in [-0.05, 0) is 18.2 Å². The zero-order valence-corrected chi connectivity index (χ0v) is 7.21. The third kappa shape index (κ3) is 2.01. The summed E-state index contributed by atoms with van der Waals surface area (Å²) in [5.74, 6) is -1.38. The molecule has 1 aromatic carbocycles. The van der Waals surface area contributed by atoms with E-state index in [2.05, 4.69) is 0 Å². The van der Waals surface area contributed by atoms with Gasteiger partial charge in [-0.2, -0.15) is 0 Å². The molecular formula is C9H10O5. The summed E-state index contributed by atoms with van der Waals surface area (Å²) in [5.41, 5.74) is -0.216. The fraction of sp³-hybridized carbons (Fsp3) is 0.222. The van der Waals surface area contributed by atoms with Gasteiger partial charge < -0.3 is 20.4 Å². The Balaban J connectivity index is 3.06. The number of hydrogen-bond donors (Lipinski definition) is 4. The highest BCUT2D eigenvalue weighted by atomic mass is 16.3. The van der Waals surface area contributed by atoms with Crippen molar-refractivity contribution in [3.63, 3.8) is 0 Å². The number of aromatic hydroxyl groups is 2. The van der Waals surface area contributed by atoms with Crippen LogP contribution in [-0.4, -0.2) is 38.9 Å². The molecule has 0 heterocycles. The number of benzene rings is 1. The first-order chi connectivity index (χ1) is 6.56. The van der Waals surface area contributed by atoms with Gasteiger partial charge in [-0.3, -0.25) is 4.79 Å². The molecule has 0 saturated carbocycles. The van der Waals surface area contributed by atoms with E-state index in [0.717, 1.165) is 12.1 Å². The number of carbonyl (C=O) groups is 1. The van der Waals surface area contributed by atoms with Crippen LogP contribution in [0.25, 0.3) is 0 Å². The lowest BCUT2D eigenvalue weighted by atomic mass is 10.1. The molecule has 0 saturated heterocycles. The number of phenols is 2. The van der Waals surface area contributed by atoms with E-state index >= 15 is 0 Å². The summed E-state index contributed by atoms with van der Waals surface area (Å²) < 4.78 is 0. The number of hydrogen-bond acceptors (Lipinski definition) is 5. The summed E-state index contributed by atoms with van der Waals surface area (Å²) in [6.45, 7) is -0.728. The van der Waals surface area contributed by atoms with Gasteiger partial charge in [-0.1, -0.05) is 0 Å². The maximum Gasteiger partial charge on any atom is 0.197 e. The minimum atomic E-state index is -1.58. The average molecular weight is 198 g/mol. The fourth-order valence-corrected chi connectivity index (χ4v) is 0.984. The molecule has 1 aromatic rings. The predicted molar refractivity (Wildman–Crippen MR) is 47.2 cm³/mol. The molecule has 0 bridgehead atoms. The van der Waals surface area contributed by atoms with Crippen LogP contribution in [0, 0.1) is 0 Å². The van der Waals surface area contributed by atoms with Gasteiger partial charge in [0.25, 0.3) is 0 Å². The third-order valence-corrected chi connectivity index (χ3v) is 1.72. The van der Waals surface area contributed by atoms with E-state index in [1.807, 2.05) is 0 Å². The monoisotopic (exact) mass is 198 g/mol. The van der Waals surface area contributed by atoms with Gasteiger partial charge in [0.1, 0.15) is 17.6 Å². The zero-order chi connectivity index (χ0) is 10.7. The van der Waals surface area contributed by atoms with Gasteiger partial charge in [0.2, 0.25) is 0 Å². The zero-order valence-electron chi connectivity index (χ0n) is 7.21. The van der Waals surface area contributed by atoms with E-state index in [0.29, 0.717) is 0 Å². The van der Waals surface area contributed by atoms with Crippen molar-refractivity contribution < 1.29 is 25.2 Å². The molecule has 76 valence electrons. The second-order valence-corrected chi connectivity index (χ2v) is 2.76. The molecule has 5 nitrogen and oxygen atoms in total. The van der Waals surface area contributed by atoms with Crippen molar-refractivity contribution >= 4 is 5.78 Å². The van der Waals surface area contributed by atoms with Gasteiger partial charge in [-0.25, -0.2) is 0 Å². The normalized spacial score (nSPS) is 12.4. The first-order valence-electron chi connectivity index (χ1n) is 3.91. The minimum absolute atomic E-state index is 0.198. The molecule has 14 heavy (non-hydrogen) atoms. The fourth-order valence-electron chi connectivity index (χ4n) is 0.984. The van der Waals surface area contributed by atoms with Crippen molar-refractivity contribution in [3.05, 3.63) is 23.8 Å². The van der Waals surface area contributed by atoms with Crippen LogP contribution in [0.5, 0.6) is 11.5 Å². The van der Waals surface area contributed by atoms with Crippen molar-refractivity contribution in [3.8, 4) is 11.5 Å². The third-order valence-electron chi connectivity index (χ3n) is 1.72. The van der Waals surface area contributed by atoms with Crippen LogP contribution in [0.1, 0.15) is 10.4 Å². The highest BCUT2D eigenvalue weighted by Crippen LogP contribution is 2.23. The van der Waals surface area contributed by atoms with Crippen molar-refractivity contribution in [2.24, 2.45) is 0 Å². The summed E-state index contributed by atoms with van der Waals surface area (Å²) in [4.78, 5) is 11.3. The number of ketones is 1. The lowest BCUT2D eigenvalue weighted by molar-refractivity contribution is 0.0584. The Morgan fingerprint density at radius 1 is 1.36 bits per heavy atom. The van der Waals surface area contributed by atoms with E-state index in [1.165, 1.54) is 6.07 Å². The first kappa shape index (κ1) is 10.5. The Labute approximate surface area is 79.9 Å². The lowest BCUT2D eigenvalue weighted by Gasteiger charge is -2.07. The first-order valence-corrected chi connectivity index (χ1v) is 3.91. The van der Waals surface area contributed by atoms with Gasteiger partial charge >= 0.3 is 0 Å². The van der Waals surface area contributed by atoms with Crippen LogP contribution in [0.3, 0.4) is 0 Å². The van der Waals surface area contributed by atoms with Crippen molar-refractivity contribution in [2.75, 3.05) is 6.61 Å². The molecule has 0 aliphatic heterocycles. The number of aliphatic hydroxyl groups excluding tert-OH is 2. The maximum atomic E-state index is 11.3. The Morgan fingerprint density at radius 3 is 2.57 bits per heavy atom. The maximum absolute atomic E-state index is 11.3. The Kier molecular flexibility index (Phi) is 3.06. The molecule has 0 aromatic heterocycles. The van der Waals surface area contributed by atoms with Crippen LogP contribution < -0.4 is 0 Å². The summed E-state index contributed by atoms with van der Waals surface area (Å²) in [6, 6.07) is 3.36. The van der Waals surface area contributed by atoms with Gasteiger partial charge in [0.15, 0.2) is 5.78 Å². The topological polar surface area (TPSA) is 98.0 Å². The molecule has 4 N–H and O–H groups in total. The van der Waals surface area contributed by atoms with E-state index < -0.39 is 18.5 Å². The number of aliphatic hydroxyl groups is 2. The quantitative estimate of drug-likeness (QED) is 0.392. The van der Waals surface area contributed by atoms with E-state index in [1.54, 1.807) is 0 Å². The highest BCUT2D eigenvalue weighted by Gasteiger charge is 2.19. The molecule has 1 atom stereocenters. The lowest BCUT2D eigenvalue weighted by Crippen LogP contribution is -2.24. The van der Waals surface area contributed by atoms with Gasteiger partial charge in [0, 0.05) is 0 Å². The van der Waals surface area contributed by atoms with Crippen LogP contribution in [0.2, 0.25) is 0 Å². The van der Waals surface area contributed by atoms with Crippen LogP contribution in [-0.2, 0) is 0 Å². The van der Waals surface area contributed by atoms with E-state index in [-0.39, 0.29) is 17.1 Å². The van der Waals surface area contributed by atoms with Crippen LogP contribution >= 0.6 is 0 Å². The smallest absolute Gasteiger partial charge is 0.197 e. The highest BCUT2D eigenvalue weighted by molar-refractivity contribution is 6.01. The molecule has 0 amide bonds. The number of rotatable bonds is 3. The summed E-state index contributed by atoms with van der Waals surface area (Å²) in [7, 11) is 0. The van der Waals surface area contributed by atoms with Crippen molar-refractivity contribution in [1.82, 2.24) is 0 Å². The number of Topliss-reactive ketones (excluding diaryl/α,β-unsaturated/α-hetero) is 1. The summed E-state index contributed by atoms with van der Waals surface area (Å²) >= 11 is 0. The van der Waals surface area contributed by atoms with E-state index in [9.17, 15) is 9.90 Å². The standard InChI is InChI=1S/C9H10O5/c10-4-8(13)9(14)6-3-5(11)1-2-7(6)12/h1-3,8,10-13H,4H2. The Bertz CT molecular complexity index is 347. The molecule has 0 aliphatic rings. The predicted octanol–water partition coefficient (Wildman–Crippen LogP) is -0.366. The van der Waals surface area contributed by atoms with Gasteiger partial charge in [-0.15, -0.1) is 0 Å². The molecule has 5 heteroatoms. The molecule has 0 radical (unpaired) electrons. The Morgan fingerprint density at radius 2 is 2.00 bits per heavy atom. The van der Waals surface area contributed by atoms with E-state index in [4.69, 9.17) is 15.3 Å².